The topological polar surface area (TPSA) is 142 Å². The molecule has 0 aliphatic rings. The van der Waals surface area contributed by atoms with Crippen LogP contribution in [0.2, 0.25) is 0 Å². The first-order valence-electron chi connectivity index (χ1n) is 12.4. The standard InChI is InChI=1S/C27H41NO8/c1-9-22(29)34-13-16(6)23(24(28)25(30)31)19-10-11-20(35-26(32)17(7)14(2)3)21(12-19)36-27(33)18(8)15(4)5/h10-12,14-18,23-24H,9,13,28H2,1-8H3,(H,30,31)/t16?,17?,18?,23?,24-/m0/s1. The van der Waals surface area contributed by atoms with E-state index in [9.17, 15) is 24.3 Å². The van der Waals surface area contributed by atoms with Crippen molar-refractivity contribution in [1.29, 1.82) is 0 Å². The third kappa shape index (κ3) is 8.62. The number of carbonyl (C=O) groups excluding carboxylic acids is 3. The Morgan fingerprint density at radius 3 is 1.81 bits per heavy atom. The van der Waals surface area contributed by atoms with Crippen molar-refractivity contribution in [3.63, 3.8) is 0 Å². The fraction of sp³-hybridized carbons (Fsp3) is 0.630. The summed E-state index contributed by atoms with van der Waals surface area (Å²) in [5.41, 5.74) is 6.48. The second-order valence-electron chi connectivity index (χ2n) is 10.0. The normalized spacial score (nSPS) is 15.5. The number of carbonyl (C=O) groups is 4. The van der Waals surface area contributed by atoms with Crippen LogP contribution in [0.3, 0.4) is 0 Å². The van der Waals surface area contributed by atoms with E-state index in [0.717, 1.165) is 0 Å². The minimum Gasteiger partial charge on any atom is -0.480 e. The number of hydrogen-bond acceptors (Lipinski definition) is 8. The summed E-state index contributed by atoms with van der Waals surface area (Å²) >= 11 is 0. The lowest BCUT2D eigenvalue weighted by atomic mass is 9.82. The highest BCUT2D eigenvalue weighted by Crippen LogP contribution is 2.37. The van der Waals surface area contributed by atoms with Gasteiger partial charge in [-0.05, 0) is 35.4 Å². The van der Waals surface area contributed by atoms with Crippen molar-refractivity contribution < 1.29 is 38.5 Å². The van der Waals surface area contributed by atoms with Crippen molar-refractivity contribution in [1.82, 2.24) is 0 Å². The van der Waals surface area contributed by atoms with Crippen LogP contribution < -0.4 is 15.2 Å². The Kier molecular flexibility index (Phi) is 12.1. The van der Waals surface area contributed by atoms with Crippen LogP contribution in [-0.4, -0.2) is 41.6 Å². The summed E-state index contributed by atoms with van der Waals surface area (Å²) in [5.74, 6) is -4.65. The molecule has 0 saturated carbocycles. The van der Waals surface area contributed by atoms with Crippen LogP contribution in [0.15, 0.2) is 18.2 Å². The van der Waals surface area contributed by atoms with Gasteiger partial charge in [-0.1, -0.05) is 61.5 Å². The highest BCUT2D eigenvalue weighted by molar-refractivity contribution is 5.79. The van der Waals surface area contributed by atoms with E-state index in [0.29, 0.717) is 5.56 Å². The summed E-state index contributed by atoms with van der Waals surface area (Å²) in [6, 6.07) is 3.19. The quantitative estimate of drug-likeness (QED) is 0.297. The Balaban J connectivity index is 3.49. The summed E-state index contributed by atoms with van der Waals surface area (Å²) in [6.07, 6.45) is 0.186. The summed E-state index contributed by atoms with van der Waals surface area (Å²) in [6.45, 7) is 14.4. The van der Waals surface area contributed by atoms with Crippen molar-refractivity contribution in [2.45, 2.75) is 73.8 Å². The number of rotatable bonds is 13. The van der Waals surface area contributed by atoms with E-state index in [-0.39, 0.29) is 36.4 Å². The average molecular weight is 508 g/mol. The fourth-order valence-electron chi connectivity index (χ4n) is 3.32. The van der Waals surface area contributed by atoms with Crippen molar-refractivity contribution in [3.05, 3.63) is 23.8 Å². The largest absolute Gasteiger partial charge is 0.480 e. The maximum atomic E-state index is 12.8. The van der Waals surface area contributed by atoms with Crippen LogP contribution in [0.25, 0.3) is 0 Å². The van der Waals surface area contributed by atoms with Gasteiger partial charge < -0.3 is 25.1 Å². The Morgan fingerprint density at radius 2 is 1.36 bits per heavy atom. The molecule has 36 heavy (non-hydrogen) atoms. The molecule has 0 amide bonds. The maximum Gasteiger partial charge on any atom is 0.321 e. The van der Waals surface area contributed by atoms with Crippen LogP contribution in [0.4, 0.5) is 0 Å². The van der Waals surface area contributed by atoms with Crippen LogP contribution in [0.5, 0.6) is 11.5 Å². The lowest BCUT2D eigenvalue weighted by Crippen LogP contribution is -2.40. The highest BCUT2D eigenvalue weighted by Gasteiger charge is 2.33. The van der Waals surface area contributed by atoms with E-state index in [4.69, 9.17) is 19.9 Å². The van der Waals surface area contributed by atoms with Crippen molar-refractivity contribution >= 4 is 23.9 Å². The summed E-state index contributed by atoms with van der Waals surface area (Å²) < 4.78 is 16.4. The average Bonchev–Trinajstić information content (AvgIpc) is 2.82. The Labute approximate surface area is 213 Å². The van der Waals surface area contributed by atoms with Crippen molar-refractivity contribution in [2.24, 2.45) is 35.3 Å². The van der Waals surface area contributed by atoms with Gasteiger partial charge in [-0.2, -0.15) is 0 Å². The smallest absolute Gasteiger partial charge is 0.321 e. The predicted molar refractivity (Wildman–Crippen MR) is 134 cm³/mol. The van der Waals surface area contributed by atoms with Gasteiger partial charge >= 0.3 is 23.9 Å². The first kappa shape index (κ1) is 31.1. The van der Waals surface area contributed by atoms with Gasteiger partial charge in [0.2, 0.25) is 0 Å². The Morgan fingerprint density at radius 1 is 0.861 bits per heavy atom. The number of ether oxygens (including phenoxy) is 3. The third-order valence-electron chi connectivity index (χ3n) is 6.60. The number of esters is 3. The SMILES string of the molecule is CCC(=O)OCC(C)C(c1ccc(OC(=O)C(C)C(C)C)c(OC(=O)C(C)C(C)C)c1)[C@H](N)C(=O)O. The predicted octanol–water partition coefficient (Wildman–Crippen LogP) is 4.17. The van der Waals surface area contributed by atoms with Gasteiger partial charge in [0.15, 0.2) is 11.5 Å². The molecular formula is C27H41NO8. The number of carboxylic acid groups (broad SMARTS) is 1. The van der Waals surface area contributed by atoms with Gasteiger partial charge in [-0.25, -0.2) is 0 Å². The van der Waals surface area contributed by atoms with E-state index < -0.39 is 53.6 Å². The number of carboxylic acids is 1. The minimum atomic E-state index is -1.33. The van der Waals surface area contributed by atoms with Gasteiger partial charge in [0.25, 0.3) is 0 Å². The minimum absolute atomic E-state index is 0.00496. The van der Waals surface area contributed by atoms with E-state index in [2.05, 4.69) is 0 Å². The molecule has 0 bridgehead atoms. The molecule has 1 aromatic carbocycles. The number of nitrogens with two attached hydrogens (primary N) is 1. The van der Waals surface area contributed by atoms with Crippen molar-refractivity contribution in [3.8, 4) is 11.5 Å². The molecule has 0 saturated heterocycles. The van der Waals surface area contributed by atoms with Crippen LogP contribution in [0.1, 0.15) is 73.3 Å². The molecule has 0 aliphatic heterocycles. The first-order valence-corrected chi connectivity index (χ1v) is 12.4. The van der Waals surface area contributed by atoms with E-state index >= 15 is 0 Å². The monoisotopic (exact) mass is 507 g/mol. The molecule has 9 nitrogen and oxygen atoms in total. The van der Waals surface area contributed by atoms with Crippen molar-refractivity contribution in [2.75, 3.05) is 6.61 Å². The molecule has 0 heterocycles. The molecule has 3 N–H and O–H groups in total. The summed E-state index contributed by atoms with van der Waals surface area (Å²) in [4.78, 5) is 48.8. The molecule has 0 aliphatic carbocycles. The summed E-state index contributed by atoms with van der Waals surface area (Å²) in [5, 5.41) is 9.63. The van der Waals surface area contributed by atoms with Gasteiger partial charge in [-0.3, -0.25) is 19.2 Å². The molecule has 0 spiro atoms. The lowest BCUT2D eigenvalue weighted by Gasteiger charge is -2.28. The van der Waals surface area contributed by atoms with Gasteiger partial charge in [-0.15, -0.1) is 0 Å². The lowest BCUT2D eigenvalue weighted by molar-refractivity contribution is -0.145. The molecule has 1 aromatic rings. The zero-order valence-electron chi connectivity index (χ0n) is 22.6. The molecule has 1 rings (SSSR count). The summed E-state index contributed by atoms with van der Waals surface area (Å²) in [7, 11) is 0. The molecule has 0 fully saturated rings. The van der Waals surface area contributed by atoms with E-state index in [1.165, 1.54) is 12.1 Å². The molecule has 4 unspecified atom stereocenters. The van der Waals surface area contributed by atoms with Crippen LogP contribution in [0, 0.1) is 29.6 Å². The first-order chi connectivity index (χ1) is 16.7. The Hall–Kier alpha value is -2.94. The van der Waals surface area contributed by atoms with Gasteiger partial charge in [0.05, 0.1) is 18.4 Å². The molecule has 202 valence electrons. The Bertz CT molecular complexity index is 926. The van der Waals surface area contributed by atoms with Crippen LogP contribution >= 0.6 is 0 Å². The second kappa shape index (κ2) is 14.0. The van der Waals surface area contributed by atoms with Gasteiger partial charge in [0, 0.05) is 12.3 Å². The molecule has 9 heteroatoms. The fourth-order valence-corrected chi connectivity index (χ4v) is 3.32. The van der Waals surface area contributed by atoms with E-state index in [1.807, 2.05) is 27.7 Å². The maximum absolute atomic E-state index is 12.8. The number of benzene rings is 1. The van der Waals surface area contributed by atoms with E-state index in [1.54, 1.807) is 33.8 Å². The molecule has 5 atom stereocenters. The highest BCUT2D eigenvalue weighted by atomic mass is 16.6. The molecular weight excluding hydrogens is 466 g/mol. The second-order valence-corrected chi connectivity index (χ2v) is 10.0. The molecule has 0 radical (unpaired) electrons. The number of hydrogen-bond donors (Lipinski definition) is 2. The zero-order valence-corrected chi connectivity index (χ0v) is 22.6. The van der Waals surface area contributed by atoms with Crippen LogP contribution in [-0.2, 0) is 23.9 Å². The molecule has 0 aromatic heterocycles. The number of aliphatic carboxylic acids is 1. The third-order valence-corrected chi connectivity index (χ3v) is 6.60. The zero-order chi connectivity index (χ0) is 27.7. The van der Waals surface area contributed by atoms with Gasteiger partial charge in [0.1, 0.15) is 6.04 Å².